The monoisotopic (exact) mass is 475 g/mol. The van der Waals surface area contributed by atoms with Crippen molar-refractivity contribution in [2.24, 2.45) is 10.4 Å². The number of benzene rings is 1. The van der Waals surface area contributed by atoms with E-state index in [4.69, 9.17) is 9.47 Å². The number of rotatable bonds is 7. The molecule has 1 heterocycles. The number of methoxy groups -OCH3 is 1. The van der Waals surface area contributed by atoms with Crippen LogP contribution in [-0.4, -0.2) is 50.3 Å². The van der Waals surface area contributed by atoms with E-state index < -0.39 is 0 Å². The Labute approximate surface area is 175 Å². The summed E-state index contributed by atoms with van der Waals surface area (Å²) in [4.78, 5) is 6.81. The molecule has 0 saturated carbocycles. The van der Waals surface area contributed by atoms with Gasteiger partial charge in [-0.2, -0.15) is 0 Å². The quantitative estimate of drug-likeness (QED) is 0.281. The minimum absolute atomic E-state index is 0. The molecular weight excluding hydrogens is 441 g/mol. The van der Waals surface area contributed by atoms with E-state index in [0.29, 0.717) is 12.0 Å². The first kappa shape index (κ1) is 23.0. The largest absolute Gasteiger partial charge is 0.493 e. The van der Waals surface area contributed by atoms with E-state index in [1.165, 1.54) is 5.56 Å². The van der Waals surface area contributed by atoms with E-state index in [2.05, 4.69) is 55.0 Å². The number of aliphatic imine (C=N–C) groups is 1. The number of nitrogens with zero attached hydrogens (tertiary/aromatic N) is 2. The lowest BCUT2D eigenvalue weighted by atomic mass is 9.65. The lowest BCUT2D eigenvalue weighted by molar-refractivity contribution is -0.0667. The highest BCUT2D eigenvalue weighted by atomic mass is 127. The van der Waals surface area contributed by atoms with Gasteiger partial charge in [-0.1, -0.05) is 26.0 Å². The molecule has 1 aromatic rings. The summed E-state index contributed by atoms with van der Waals surface area (Å²) < 4.78 is 10.8. The van der Waals surface area contributed by atoms with Crippen molar-refractivity contribution in [2.45, 2.75) is 46.2 Å². The number of halogens is 1. The normalized spacial score (nSPS) is 17.9. The molecule has 0 atom stereocenters. The van der Waals surface area contributed by atoms with Crippen LogP contribution in [0.5, 0.6) is 5.75 Å². The third-order valence-corrected chi connectivity index (χ3v) is 5.46. The van der Waals surface area contributed by atoms with Gasteiger partial charge in [0.1, 0.15) is 5.75 Å². The number of ether oxygens (including phenoxy) is 2. The third-order valence-electron chi connectivity index (χ3n) is 5.46. The van der Waals surface area contributed by atoms with Gasteiger partial charge in [0, 0.05) is 51.2 Å². The first-order valence-corrected chi connectivity index (χ1v) is 9.01. The van der Waals surface area contributed by atoms with Crippen molar-refractivity contribution in [3.63, 3.8) is 0 Å². The predicted octanol–water partition coefficient (Wildman–Crippen LogP) is 3.92. The fraction of sp³-hybridized carbons (Fsp3) is 0.650. The second kappa shape index (κ2) is 9.78. The molecule has 6 heteroatoms. The molecule has 0 radical (unpaired) electrons. The van der Waals surface area contributed by atoms with Crippen molar-refractivity contribution in [1.29, 1.82) is 0 Å². The highest BCUT2D eigenvalue weighted by molar-refractivity contribution is 14.0. The molecular formula is C20H34IN3O2. The summed E-state index contributed by atoms with van der Waals surface area (Å²) in [5.74, 6) is 1.85. The van der Waals surface area contributed by atoms with Gasteiger partial charge in [0.25, 0.3) is 0 Å². The Kier molecular flexibility index (Phi) is 8.66. The van der Waals surface area contributed by atoms with Crippen LogP contribution in [0.4, 0.5) is 0 Å². The summed E-state index contributed by atoms with van der Waals surface area (Å²) in [5, 5.41) is 3.49. The Morgan fingerprint density at radius 3 is 2.54 bits per heavy atom. The summed E-state index contributed by atoms with van der Waals surface area (Å²) in [6.07, 6.45) is 0.894. The Balaban J connectivity index is 0.00000338. The average molecular weight is 475 g/mol. The van der Waals surface area contributed by atoms with Crippen LogP contribution < -0.4 is 10.1 Å². The van der Waals surface area contributed by atoms with Crippen molar-refractivity contribution in [3.8, 4) is 5.75 Å². The molecule has 2 rings (SSSR count). The van der Waals surface area contributed by atoms with Crippen molar-refractivity contribution < 1.29 is 9.47 Å². The van der Waals surface area contributed by atoms with E-state index in [1.54, 1.807) is 7.11 Å². The summed E-state index contributed by atoms with van der Waals surface area (Å²) in [7, 11) is 3.55. The Bertz CT molecular complexity index is 602. The predicted molar refractivity (Wildman–Crippen MR) is 119 cm³/mol. The molecule has 26 heavy (non-hydrogen) atoms. The molecule has 148 valence electrons. The van der Waals surface area contributed by atoms with Crippen LogP contribution in [0.1, 0.15) is 39.7 Å². The van der Waals surface area contributed by atoms with Crippen LogP contribution in [0.3, 0.4) is 0 Å². The molecule has 1 aliphatic rings. The minimum Gasteiger partial charge on any atom is -0.493 e. The number of guanidine groups is 1. The minimum atomic E-state index is 0. The van der Waals surface area contributed by atoms with Crippen LogP contribution in [0.15, 0.2) is 29.3 Å². The van der Waals surface area contributed by atoms with Gasteiger partial charge in [0.05, 0.1) is 6.61 Å². The van der Waals surface area contributed by atoms with Gasteiger partial charge in [0.2, 0.25) is 0 Å². The summed E-state index contributed by atoms with van der Waals surface area (Å²) in [5.41, 5.74) is 1.57. The zero-order valence-corrected chi connectivity index (χ0v) is 19.3. The van der Waals surface area contributed by atoms with Gasteiger partial charge < -0.3 is 19.7 Å². The van der Waals surface area contributed by atoms with E-state index in [1.807, 2.05) is 19.2 Å². The van der Waals surface area contributed by atoms with Crippen LogP contribution in [0, 0.1) is 5.41 Å². The van der Waals surface area contributed by atoms with E-state index in [-0.39, 0.29) is 29.5 Å². The Morgan fingerprint density at radius 1 is 1.23 bits per heavy atom. The fourth-order valence-corrected chi connectivity index (χ4v) is 3.01. The van der Waals surface area contributed by atoms with Crippen LogP contribution in [0.2, 0.25) is 0 Å². The van der Waals surface area contributed by atoms with E-state index >= 15 is 0 Å². The molecule has 0 amide bonds. The Morgan fingerprint density at radius 2 is 1.96 bits per heavy atom. The third kappa shape index (κ3) is 5.25. The molecule has 1 aromatic carbocycles. The number of nitrogens with one attached hydrogen (secondary N) is 1. The summed E-state index contributed by atoms with van der Waals surface area (Å²) in [6.45, 7) is 12.3. The van der Waals surface area contributed by atoms with Gasteiger partial charge >= 0.3 is 0 Å². The first-order chi connectivity index (χ1) is 11.8. The van der Waals surface area contributed by atoms with Gasteiger partial charge in [-0.05, 0) is 31.5 Å². The SMILES string of the molecule is CN=C(NCc1cccc(OCCCOC)c1)N1CC(C)(C)C1(C)C.I. The molecule has 0 aliphatic carbocycles. The standard InChI is InChI=1S/C20H33N3O2.HI/c1-19(2)15-23(20(19,3)4)18(21-5)22-14-16-9-7-10-17(13-16)25-12-8-11-24-6;/h7,9-10,13H,8,11-12,14-15H2,1-6H3,(H,21,22);1H. The first-order valence-electron chi connectivity index (χ1n) is 9.01. The highest BCUT2D eigenvalue weighted by Gasteiger charge is 2.53. The van der Waals surface area contributed by atoms with Crippen molar-refractivity contribution >= 4 is 29.9 Å². The van der Waals surface area contributed by atoms with Crippen molar-refractivity contribution in [2.75, 3.05) is 33.9 Å². The van der Waals surface area contributed by atoms with Crippen molar-refractivity contribution in [3.05, 3.63) is 29.8 Å². The zero-order valence-electron chi connectivity index (χ0n) is 17.0. The lowest BCUT2D eigenvalue weighted by Gasteiger charge is -2.62. The van der Waals surface area contributed by atoms with E-state index in [0.717, 1.165) is 37.8 Å². The van der Waals surface area contributed by atoms with Crippen LogP contribution >= 0.6 is 24.0 Å². The maximum Gasteiger partial charge on any atom is 0.194 e. The van der Waals surface area contributed by atoms with Gasteiger partial charge in [0.15, 0.2) is 5.96 Å². The van der Waals surface area contributed by atoms with Gasteiger partial charge in [-0.25, -0.2) is 0 Å². The molecule has 0 unspecified atom stereocenters. The molecule has 0 bridgehead atoms. The number of hydrogen-bond acceptors (Lipinski definition) is 3. The number of hydrogen-bond donors (Lipinski definition) is 1. The zero-order chi connectivity index (χ0) is 18.5. The molecule has 0 spiro atoms. The Hall–Kier alpha value is -1.02. The molecule has 1 aliphatic heterocycles. The maximum atomic E-state index is 5.77. The molecule has 0 aromatic heterocycles. The smallest absolute Gasteiger partial charge is 0.194 e. The molecule has 1 N–H and O–H groups in total. The molecule has 5 nitrogen and oxygen atoms in total. The second-order valence-electron chi connectivity index (χ2n) is 7.77. The lowest BCUT2D eigenvalue weighted by Crippen LogP contribution is -2.72. The fourth-order valence-electron chi connectivity index (χ4n) is 3.01. The van der Waals surface area contributed by atoms with Crippen LogP contribution in [0.25, 0.3) is 0 Å². The second-order valence-corrected chi connectivity index (χ2v) is 7.77. The van der Waals surface area contributed by atoms with Crippen LogP contribution in [-0.2, 0) is 11.3 Å². The van der Waals surface area contributed by atoms with Gasteiger partial charge in [-0.15, -0.1) is 24.0 Å². The molecule has 1 saturated heterocycles. The van der Waals surface area contributed by atoms with E-state index in [9.17, 15) is 0 Å². The van der Waals surface area contributed by atoms with Gasteiger partial charge in [-0.3, -0.25) is 4.99 Å². The number of likely N-dealkylation sites (tertiary alicyclic amines) is 1. The average Bonchev–Trinajstić information content (AvgIpc) is 2.58. The maximum absolute atomic E-state index is 5.77. The van der Waals surface area contributed by atoms with Crippen molar-refractivity contribution in [1.82, 2.24) is 10.2 Å². The highest BCUT2D eigenvalue weighted by Crippen LogP contribution is 2.46. The summed E-state index contributed by atoms with van der Waals surface area (Å²) in [6, 6.07) is 8.21. The topological polar surface area (TPSA) is 46.1 Å². The summed E-state index contributed by atoms with van der Waals surface area (Å²) >= 11 is 0. The molecule has 1 fully saturated rings.